The van der Waals surface area contributed by atoms with Crippen molar-refractivity contribution in [2.75, 3.05) is 14.1 Å². The topological polar surface area (TPSA) is 95.8 Å². The molecule has 0 aromatic carbocycles. The minimum absolute atomic E-state index is 0.0348. The maximum Gasteiger partial charge on any atom is 0.223 e. The van der Waals surface area contributed by atoms with Gasteiger partial charge in [0.25, 0.3) is 0 Å². The lowest BCUT2D eigenvalue weighted by Gasteiger charge is -2.31. The zero-order valence-electron chi connectivity index (χ0n) is 17.7. The van der Waals surface area contributed by atoms with Crippen LogP contribution >= 0.6 is 0 Å². The lowest BCUT2D eigenvalue weighted by molar-refractivity contribution is -0.136. The molecule has 0 spiro atoms. The Morgan fingerprint density at radius 1 is 0.893 bits per heavy atom. The minimum Gasteiger partial charge on any atom is -0.367 e. The van der Waals surface area contributed by atoms with E-state index in [0.29, 0.717) is 18.9 Å². The van der Waals surface area contributed by atoms with Gasteiger partial charge in [-0.05, 0) is 59.3 Å². The Hall–Kier alpha value is -1.18. The highest BCUT2D eigenvalue weighted by Gasteiger charge is 2.64. The van der Waals surface area contributed by atoms with Gasteiger partial charge in [-0.1, -0.05) is 0 Å². The summed E-state index contributed by atoms with van der Waals surface area (Å²) in [6.07, 6.45) is 5.81. The molecule has 4 fully saturated rings. The van der Waals surface area contributed by atoms with Crippen molar-refractivity contribution in [2.45, 2.75) is 94.4 Å². The largest absolute Gasteiger partial charge is 0.367 e. The predicted octanol–water partition coefficient (Wildman–Crippen LogP) is 1.54. The molecule has 3 aliphatic heterocycles. The summed E-state index contributed by atoms with van der Waals surface area (Å²) in [6, 6.07) is 0. The number of carbonyl (C=O) groups excluding carboxylic acids is 2. The highest BCUT2D eigenvalue weighted by Crippen LogP contribution is 2.56. The first kappa shape index (κ1) is 20.1. The molecule has 4 aliphatic rings. The number of hydrogen-bond donors (Lipinski definition) is 2. The number of rotatable bonds is 8. The first-order chi connectivity index (χ1) is 13.1. The van der Waals surface area contributed by atoms with Crippen LogP contribution in [-0.2, 0) is 23.8 Å². The molecule has 1 saturated carbocycles. The number of carbonyl (C=O) groups is 2. The van der Waals surface area contributed by atoms with Crippen molar-refractivity contribution in [1.82, 2.24) is 10.6 Å². The van der Waals surface area contributed by atoms with Crippen LogP contribution in [0.1, 0.15) is 59.3 Å². The quantitative estimate of drug-likeness (QED) is 0.609. The number of fused-ring (bicyclic) bond motifs is 1. The lowest BCUT2D eigenvalue weighted by atomic mass is 9.71. The molecule has 3 heterocycles. The summed E-state index contributed by atoms with van der Waals surface area (Å²) in [7, 11) is 3.25. The molecule has 28 heavy (non-hydrogen) atoms. The third-order valence-corrected chi connectivity index (χ3v) is 7.52. The van der Waals surface area contributed by atoms with E-state index in [1.807, 2.05) is 0 Å². The fraction of sp³-hybridized carbons (Fsp3) is 0.905. The van der Waals surface area contributed by atoms with Crippen molar-refractivity contribution in [3.8, 4) is 0 Å². The summed E-state index contributed by atoms with van der Waals surface area (Å²) < 4.78 is 17.8. The Bertz CT molecular complexity index is 667. The Labute approximate surface area is 167 Å². The number of amides is 2. The number of hydrogen-bond acceptors (Lipinski definition) is 5. The van der Waals surface area contributed by atoms with Gasteiger partial charge in [0, 0.05) is 14.1 Å². The van der Waals surface area contributed by atoms with Crippen molar-refractivity contribution in [1.29, 1.82) is 0 Å². The van der Waals surface area contributed by atoms with Crippen molar-refractivity contribution >= 4 is 11.8 Å². The van der Waals surface area contributed by atoms with Crippen LogP contribution < -0.4 is 10.6 Å². The average Bonchev–Trinajstić information content (AvgIpc) is 3.59. The molecule has 2 amide bonds. The molecule has 7 heteroatoms. The molecule has 0 radical (unpaired) electrons. The Kier molecular flexibility index (Phi) is 4.79. The second-order valence-electron chi connectivity index (χ2n) is 9.76. The molecule has 7 unspecified atom stereocenters. The summed E-state index contributed by atoms with van der Waals surface area (Å²) in [6.45, 7) is 6.45. The van der Waals surface area contributed by atoms with Gasteiger partial charge in [-0.25, -0.2) is 0 Å². The normalized spacial score (nSPS) is 45.0. The van der Waals surface area contributed by atoms with Gasteiger partial charge in [0.2, 0.25) is 11.8 Å². The molecular weight excluding hydrogens is 360 g/mol. The van der Waals surface area contributed by atoms with E-state index in [0.717, 1.165) is 25.7 Å². The first-order valence-corrected chi connectivity index (χ1v) is 10.6. The third kappa shape index (κ3) is 3.57. The van der Waals surface area contributed by atoms with Crippen LogP contribution in [0, 0.1) is 11.8 Å². The first-order valence-electron chi connectivity index (χ1n) is 10.6. The highest BCUT2D eigenvalue weighted by atomic mass is 16.6. The van der Waals surface area contributed by atoms with Crippen molar-refractivity contribution < 1.29 is 23.8 Å². The van der Waals surface area contributed by atoms with E-state index in [9.17, 15) is 9.59 Å². The zero-order chi connectivity index (χ0) is 20.3. The fourth-order valence-corrected chi connectivity index (χ4v) is 5.27. The van der Waals surface area contributed by atoms with E-state index >= 15 is 0 Å². The van der Waals surface area contributed by atoms with Gasteiger partial charge < -0.3 is 24.8 Å². The van der Waals surface area contributed by atoms with Gasteiger partial charge in [-0.3, -0.25) is 9.59 Å². The van der Waals surface area contributed by atoms with E-state index in [2.05, 4.69) is 31.4 Å². The molecular formula is C21H34N2O5. The third-order valence-electron chi connectivity index (χ3n) is 7.52. The summed E-state index contributed by atoms with van der Waals surface area (Å²) >= 11 is 0. The maximum atomic E-state index is 12.4. The van der Waals surface area contributed by atoms with E-state index < -0.39 is 0 Å². The van der Waals surface area contributed by atoms with E-state index in [-0.39, 0.29) is 52.7 Å². The molecule has 7 atom stereocenters. The van der Waals surface area contributed by atoms with Crippen LogP contribution in [0.4, 0.5) is 0 Å². The van der Waals surface area contributed by atoms with Gasteiger partial charge >= 0.3 is 0 Å². The Morgan fingerprint density at radius 2 is 1.50 bits per heavy atom. The molecule has 0 aromatic heterocycles. The molecule has 7 nitrogen and oxygen atoms in total. The van der Waals surface area contributed by atoms with Crippen molar-refractivity contribution in [3.63, 3.8) is 0 Å². The van der Waals surface area contributed by atoms with E-state index in [1.165, 1.54) is 0 Å². The predicted molar refractivity (Wildman–Crippen MR) is 103 cm³/mol. The molecule has 4 rings (SSSR count). The molecule has 0 aromatic rings. The summed E-state index contributed by atoms with van der Waals surface area (Å²) in [4.78, 5) is 24.6. The summed E-state index contributed by atoms with van der Waals surface area (Å²) in [5.41, 5.74) is -0.272. The summed E-state index contributed by atoms with van der Waals surface area (Å²) in [5.74, 6) is -0.776. The molecule has 3 saturated heterocycles. The molecule has 1 aliphatic carbocycles. The second-order valence-corrected chi connectivity index (χ2v) is 9.76. The van der Waals surface area contributed by atoms with E-state index in [4.69, 9.17) is 14.2 Å². The maximum absolute atomic E-state index is 12.4. The van der Waals surface area contributed by atoms with Gasteiger partial charge in [-0.2, -0.15) is 0 Å². The van der Waals surface area contributed by atoms with Gasteiger partial charge in [0.05, 0.1) is 47.0 Å². The van der Waals surface area contributed by atoms with Crippen LogP contribution in [-0.4, -0.2) is 61.0 Å². The van der Waals surface area contributed by atoms with Gasteiger partial charge in [-0.15, -0.1) is 0 Å². The van der Waals surface area contributed by atoms with Crippen LogP contribution in [0.2, 0.25) is 0 Å². The molecule has 0 bridgehead atoms. The smallest absolute Gasteiger partial charge is 0.223 e. The number of epoxide rings is 3. The van der Waals surface area contributed by atoms with E-state index in [1.54, 1.807) is 14.1 Å². The second kappa shape index (κ2) is 6.67. The monoisotopic (exact) mass is 394 g/mol. The average molecular weight is 395 g/mol. The van der Waals surface area contributed by atoms with Gasteiger partial charge in [0.15, 0.2) is 0 Å². The minimum atomic E-state index is -0.329. The van der Waals surface area contributed by atoms with Crippen LogP contribution in [0.15, 0.2) is 0 Å². The fourth-order valence-electron chi connectivity index (χ4n) is 5.27. The van der Waals surface area contributed by atoms with Crippen LogP contribution in [0.5, 0.6) is 0 Å². The number of nitrogens with one attached hydrogen (secondary N) is 2. The highest BCUT2D eigenvalue weighted by molar-refractivity contribution is 5.88. The lowest BCUT2D eigenvalue weighted by Crippen LogP contribution is -2.46. The van der Waals surface area contributed by atoms with Gasteiger partial charge in [0.1, 0.15) is 0 Å². The number of ether oxygens (including phenoxy) is 3. The molecule has 2 N–H and O–H groups in total. The standard InChI is InChI=1S/C21H34N2O5/c1-19(2)14(26-19)6-8-20(3)15(27-20)7-9-21-11-13(18(25)23-5)12(17(24)22-4)10-16(21)28-21/h12-16H,6-11H2,1-5H3,(H,22,24)(H,23,25). The Morgan fingerprint density at radius 3 is 2.11 bits per heavy atom. The van der Waals surface area contributed by atoms with Crippen LogP contribution in [0.25, 0.3) is 0 Å². The SMILES string of the molecule is CNC(=O)C1CC2OC2(CCC2OC2(C)CCC2OC2(C)C)CC1C(=O)NC. The Balaban J connectivity index is 1.29. The molecule has 158 valence electrons. The summed E-state index contributed by atoms with van der Waals surface area (Å²) in [5, 5.41) is 5.41. The van der Waals surface area contributed by atoms with Crippen LogP contribution in [0.3, 0.4) is 0 Å². The van der Waals surface area contributed by atoms with Crippen molar-refractivity contribution in [2.24, 2.45) is 11.8 Å². The van der Waals surface area contributed by atoms with Crippen molar-refractivity contribution in [3.05, 3.63) is 0 Å². The zero-order valence-corrected chi connectivity index (χ0v) is 17.7.